The van der Waals surface area contributed by atoms with E-state index in [0.29, 0.717) is 18.0 Å². The molecule has 130 valence electrons. The van der Waals surface area contributed by atoms with E-state index in [1.807, 2.05) is 37.3 Å². The number of furan rings is 1. The normalized spacial score (nSPS) is 12.0. The van der Waals surface area contributed by atoms with Crippen LogP contribution in [0.1, 0.15) is 18.7 Å². The van der Waals surface area contributed by atoms with Gasteiger partial charge in [-0.1, -0.05) is 6.07 Å². The fourth-order valence-corrected chi connectivity index (χ4v) is 2.39. The number of ether oxygens (including phenoxy) is 1. The summed E-state index contributed by atoms with van der Waals surface area (Å²) in [6.45, 7) is 3.44. The number of hydrogen-bond donors (Lipinski definition) is 2. The van der Waals surface area contributed by atoms with Gasteiger partial charge in [-0.05, 0) is 31.2 Å². The van der Waals surface area contributed by atoms with Crippen LogP contribution in [-0.4, -0.2) is 45.2 Å². The molecule has 1 aromatic heterocycles. The highest BCUT2D eigenvalue weighted by Gasteiger charge is 2.24. The fraction of sp³-hybridized carbons (Fsp3) is 0.389. The lowest BCUT2D eigenvalue weighted by Gasteiger charge is -2.28. The van der Waals surface area contributed by atoms with Gasteiger partial charge in [-0.15, -0.1) is 0 Å². The molecule has 1 heterocycles. The highest BCUT2D eigenvalue weighted by Crippen LogP contribution is 2.22. The molecule has 0 aliphatic heterocycles. The molecule has 0 aliphatic rings. The van der Waals surface area contributed by atoms with Crippen molar-refractivity contribution in [2.75, 3.05) is 39.6 Å². The van der Waals surface area contributed by atoms with Gasteiger partial charge in [0.25, 0.3) is 0 Å². The summed E-state index contributed by atoms with van der Waals surface area (Å²) in [5, 5.41) is 2.94. The quantitative estimate of drug-likeness (QED) is 0.816. The molecule has 1 unspecified atom stereocenters. The Morgan fingerprint density at radius 2 is 2.12 bits per heavy atom. The second-order valence-electron chi connectivity index (χ2n) is 6.00. The number of carbonyl (C=O) groups is 1. The molecule has 2 N–H and O–H groups in total. The zero-order valence-electron chi connectivity index (χ0n) is 14.7. The van der Waals surface area contributed by atoms with Crippen LogP contribution in [0.5, 0.6) is 5.75 Å². The van der Waals surface area contributed by atoms with Crippen LogP contribution in [0.4, 0.5) is 10.5 Å². The number of amides is 2. The second kappa shape index (κ2) is 8.40. The third-order valence-corrected chi connectivity index (χ3v) is 3.86. The van der Waals surface area contributed by atoms with E-state index >= 15 is 0 Å². The summed E-state index contributed by atoms with van der Waals surface area (Å²) in [4.78, 5) is 15.8. The molecule has 0 fully saturated rings. The summed E-state index contributed by atoms with van der Waals surface area (Å²) in [7, 11) is 5.73. The minimum absolute atomic E-state index is 0.148. The number of urea groups is 1. The van der Waals surface area contributed by atoms with Crippen LogP contribution in [0.15, 0.2) is 47.1 Å². The number of carbonyl (C=O) groups excluding carboxylic acids is 1. The second-order valence-corrected chi connectivity index (χ2v) is 6.00. The minimum atomic E-state index is -0.159. The summed E-state index contributed by atoms with van der Waals surface area (Å²) in [5.74, 6) is 1.47. The van der Waals surface area contributed by atoms with Crippen LogP contribution in [0.25, 0.3) is 0 Å². The fourth-order valence-electron chi connectivity index (χ4n) is 2.39. The average molecular weight is 332 g/mol. The van der Waals surface area contributed by atoms with E-state index in [1.54, 1.807) is 24.3 Å². The number of rotatable bonds is 7. The van der Waals surface area contributed by atoms with Crippen molar-refractivity contribution >= 4 is 11.7 Å². The van der Waals surface area contributed by atoms with E-state index in [1.165, 1.54) is 4.90 Å². The number of benzene rings is 1. The van der Waals surface area contributed by atoms with Gasteiger partial charge in [0, 0.05) is 11.8 Å². The van der Waals surface area contributed by atoms with E-state index in [4.69, 9.17) is 9.15 Å². The highest BCUT2D eigenvalue weighted by molar-refractivity contribution is 5.89. The van der Waals surface area contributed by atoms with Crippen molar-refractivity contribution in [2.24, 2.45) is 0 Å². The molecule has 6 nitrogen and oxygen atoms in total. The van der Waals surface area contributed by atoms with E-state index in [-0.39, 0.29) is 12.1 Å². The van der Waals surface area contributed by atoms with E-state index in [0.717, 1.165) is 12.3 Å². The molecule has 24 heavy (non-hydrogen) atoms. The van der Waals surface area contributed by atoms with Gasteiger partial charge < -0.3 is 24.3 Å². The van der Waals surface area contributed by atoms with Crippen LogP contribution in [0.2, 0.25) is 0 Å². The number of hydrogen-bond acceptors (Lipinski definition) is 3. The molecule has 1 aromatic carbocycles. The molecule has 0 saturated carbocycles. The summed E-state index contributed by atoms with van der Waals surface area (Å²) < 4.78 is 10.7. The Morgan fingerprint density at radius 1 is 1.33 bits per heavy atom. The molecule has 2 rings (SSSR count). The molecule has 1 atom stereocenters. The predicted molar refractivity (Wildman–Crippen MR) is 93.5 cm³/mol. The molecule has 2 aromatic rings. The Balaban J connectivity index is 2.13. The number of methoxy groups -OCH3 is 1. The summed E-state index contributed by atoms with van der Waals surface area (Å²) in [6, 6.07) is 10.7. The molecule has 0 bridgehead atoms. The van der Waals surface area contributed by atoms with Gasteiger partial charge in [-0.2, -0.15) is 0 Å². The van der Waals surface area contributed by atoms with Crippen molar-refractivity contribution in [2.45, 2.75) is 13.0 Å². The van der Waals surface area contributed by atoms with Crippen molar-refractivity contribution in [3.05, 3.63) is 48.4 Å². The maximum absolute atomic E-state index is 12.8. The number of anilines is 1. The van der Waals surface area contributed by atoms with Crippen LogP contribution in [-0.2, 0) is 0 Å². The van der Waals surface area contributed by atoms with Gasteiger partial charge in [0.1, 0.15) is 11.5 Å². The molecular weight excluding hydrogens is 306 g/mol. The Labute approximate surface area is 143 Å². The van der Waals surface area contributed by atoms with E-state index in [9.17, 15) is 4.79 Å². The lowest BCUT2D eigenvalue weighted by Crippen LogP contribution is -3.06. The lowest BCUT2D eigenvalue weighted by molar-refractivity contribution is -0.857. The Morgan fingerprint density at radius 3 is 2.75 bits per heavy atom. The lowest BCUT2D eigenvalue weighted by atomic mass is 10.2. The molecule has 0 radical (unpaired) electrons. The van der Waals surface area contributed by atoms with Gasteiger partial charge in [-0.25, -0.2) is 4.79 Å². The van der Waals surface area contributed by atoms with Crippen LogP contribution in [0.3, 0.4) is 0 Å². The summed E-state index contributed by atoms with van der Waals surface area (Å²) in [5.41, 5.74) is 0.702. The van der Waals surface area contributed by atoms with Crippen molar-refractivity contribution < 1.29 is 18.8 Å². The van der Waals surface area contributed by atoms with Gasteiger partial charge in [0.05, 0.1) is 46.6 Å². The third-order valence-electron chi connectivity index (χ3n) is 3.86. The molecule has 0 saturated heterocycles. The molecule has 0 aliphatic carbocycles. The SMILES string of the molecule is COc1cccc(NC(=O)N(CC[NH+](C)C)C(C)c2ccco2)c1. The van der Waals surface area contributed by atoms with Gasteiger partial charge in [-0.3, -0.25) is 0 Å². The molecule has 2 amide bonds. The van der Waals surface area contributed by atoms with Crippen LogP contribution >= 0.6 is 0 Å². The predicted octanol–water partition coefficient (Wildman–Crippen LogP) is 2.03. The minimum Gasteiger partial charge on any atom is -0.497 e. The molecule has 0 spiro atoms. The van der Waals surface area contributed by atoms with Crippen molar-refractivity contribution in [1.29, 1.82) is 0 Å². The number of nitrogens with zero attached hydrogens (tertiary/aromatic N) is 1. The largest absolute Gasteiger partial charge is 0.497 e. The number of quaternary nitrogens is 1. The Kier molecular flexibility index (Phi) is 6.26. The monoisotopic (exact) mass is 332 g/mol. The van der Waals surface area contributed by atoms with Gasteiger partial charge >= 0.3 is 6.03 Å². The smallest absolute Gasteiger partial charge is 0.322 e. The van der Waals surface area contributed by atoms with Crippen LogP contribution in [0, 0.1) is 0 Å². The number of nitrogens with one attached hydrogen (secondary N) is 2. The first kappa shape index (κ1) is 17.9. The Hall–Kier alpha value is -2.47. The Bertz CT molecular complexity index is 641. The van der Waals surface area contributed by atoms with Gasteiger partial charge in [0.15, 0.2) is 0 Å². The summed E-state index contributed by atoms with van der Waals surface area (Å²) in [6.07, 6.45) is 1.63. The highest BCUT2D eigenvalue weighted by atomic mass is 16.5. The standard InChI is InChI=1S/C18H25N3O3/c1-14(17-9-6-12-24-17)21(11-10-20(2)3)18(22)19-15-7-5-8-16(13-15)23-4/h5-9,12-14H,10-11H2,1-4H3,(H,19,22)/p+1. The third kappa shape index (κ3) is 4.76. The first-order valence-corrected chi connectivity index (χ1v) is 8.05. The zero-order chi connectivity index (χ0) is 17.5. The van der Waals surface area contributed by atoms with Crippen molar-refractivity contribution in [3.63, 3.8) is 0 Å². The van der Waals surface area contributed by atoms with Crippen molar-refractivity contribution in [1.82, 2.24) is 4.90 Å². The maximum atomic E-state index is 12.8. The zero-order valence-corrected chi connectivity index (χ0v) is 14.7. The summed E-state index contributed by atoms with van der Waals surface area (Å²) >= 11 is 0. The maximum Gasteiger partial charge on any atom is 0.322 e. The molecular formula is C18H26N3O3+. The first-order valence-electron chi connectivity index (χ1n) is 8.05. The molecule has 6 heteroatoms. The number of likely N-dealkylation sites (N-methyl/N-ethyl adjacent to an activating group) is 1. The topological polar surface area (TPSA) is 59.1 Å². The average Bonchev–Trinajstić information content (AvgIpc) is 3.09. The van der Waals surface area contributed by atoms with Crippen LogP contribution < -0.4 is 15.0 Å². The first-order chi connectivity index (χ1) is 11.5. The van der Waals surface area contributed by atoms with E-state index in [2.05, 4.69) is 19.4 Å². The van der Waals surface area contributed by atoms with E-state index < -0.39 is 0 Å². The van der Waals surface area contributed by atoms with Gasteiger partial charge in [0.2, 0.25) is 0 Å². The van der Waals surface area contributed by atoms with Crippen molar-refractivity contribution in [3.8, 4) is 5.75 Å².